The lowest BCUT2D eigenvalue weighted by Crippen LogP contribution is -2.21. The van der Waals surface area contributed by atoms with Crippen molar-refractivity contribution in [2.45, 2.75) is 13.8 Å². The van der Waals surface area contributed by atoms with Crippen LogP contribution in [0.1, 0.15) is 38.8 Å². The Morgan fingerprint density at radius 1 is 1.00 bits per heavy atom. The van der Waals surface area contributed by atoms with Crippen LogP contribution in [0.5, 0.6) is 5.75 Å². The molecule has 0 aliphatic heterocycles. The van der Waals surface area contributed by atoms with Crippen molar-refractivity contribution in [2.24, 2.45) is 5.10 Å². The molecule has 6 nitrogen and oxygen atoms in total. The highest BCUT2D eigenvalue weighted by Gasteiger charge is 2.15. The summed E-state index contributed by atoms with van der Waals surface area (Å²) >= 11 is 3.37. The summed E-state index contributed by atoms with van der Waals surface area (Å²) in [5, 5.41) is 6.80. The first-order valence-electron chi connectivity index (χ1n) is 9.70. The summed E-state index contributed by atoms with van der Waals surface area (Å²) in [5.74, 6) is -0.0802. The molecule has 0 aliphatic carbocycles. The molecule has 0 saturated heterocycles. The molecular formula is C24H22BrN3O3. The zero-order valence-corrected chi connectivity index (χ0v) is 18.8. The highest BCUT2D eigenvalue weighted by atomic mass is 79.9. The van der Waals surface area contributed by atoms with Crippen LogP contribution in [-0.2, 0) is 0 Å². The second kappa shape index (κ2) is 10.5. The Hall–Kier alpha value is -3.45. The molecule has 31 heavy (non-hydrogen) atoms. The number of aryl methyl sites for hydroxylation is 1. The van der Waals surface area contributed by atoms with E-state index >= 15 is 0 Å². The molecule has 0 bridgehead atoms. The van der Waals surface area contributed by atoms with E-state index in [1.54, 1.807) is 48.7 Å². The third kappa shape index (κ3) is 6.26. The maximum atomic E-state index is 12.7. The molecule has 7 heteroatoms. The summed E-state index contributed by atoms with van der Waals surface area (Å²) in [6.07, 6.45) is 1.56. The van der Waals surface area contributed by atoms with Crippen LogP contribution in [0.3, 0.4) is 0 Å². The van der Waals surface area contributed by atoms with Crippen molar-refractivity contribution in [1.29, 1.82) is 0 Å². The minimum absolute atomic E-state index is 0.287. The molecule has 0 saturated carbocycles. The molecule has 0 aromatic heterocycles. The minimum Gasteiger partial charge on any atom is -0.494 e. The van der Waals surface area contributed by atoms with Crippen LogP contribution >= 0.6 is 15.9 Å². The predicted octanol–water partition coefficient (Wildman–Crippen LogP) is 5.17. The van der Waals surface area contributed by atoms with Crippen LogP contribution in [-0.4, -0.2) is 24.6 Å². The van der Waals surface area contributed by atoms with Crippen molar-refractivity contribution in [3.63, 3.8) is 0 Å². The van der Waals surface area contributed by atoms with Crippen molar-refractivity contribution < 1.29 is 14.3 Å². The molecule has 0 atom stereocenters. The zero-order valence-electron chi connectivity index (χ0n) is 17.2. The van der Waals surface area contributed by atoms with Gasteiger partial charge in [0.2, 0.25) is 0 Å². The number of rotatable bonds is 7. The molecule has 0 aliphatic rings. The summed E-state index contributed by atoms with van der Waals surface area (Å²) in [5.41, 5.74) is 5.63. The normalized spacial score (nSPS) is 10.7. The predicted molar refractivity (Wildman–Crippen MR) is 126 cm³/mol. The van der Waals surface area contributed by atoms with Crippen LogP contribution in [0, 0.1) is 6.92 Å². The second-order valence-electron chi connectivity index (χ2n) is 6.71. The molecule has 0 heterocycles. The van der Waals surface area contributed by atoms with Gasteiger partial charge in [-0.25, -0.2) is 5.43 Å². The molecular weight excluding hydrogens is 458 g/mol. The highest BCUT2D eigenvalue weighted by molar-refractivity contribution is 9.10. The van der Waals surface area contributed by atoms with E-state index in [0.717, 1.165) is 11.1 Å². The average molecular weight is 480 g/mol. The van der Waals surface area contributed by atoms with Crippen molar-refractivity contribution in [1.82, 2.24) is 5.43 Å². The Bertz CT molecular complexity index is 1090. The minimum atomic E-state index is -0.438. The summed E-state index contributed by atoms with van der Waals surface area (Å²) in [6.45, 7) is 4.44. The van der Waals surface area contributed by atoms with E-state index in [4.69, 9.17) is 4.74 Å². The van der Waals surface area contributed by atoms with Gasteiger partial charge in [-0.3, -0.25) is 9.59 Å². The molecule has 0 spiro atoms. The number of hydrogen-bond donors (Lipinski definition) is 2. The molecule has 2 amide bonds. The topological polar surface area (TPSA) is 79.8 Å². The van der Waals surface area contributed by atoms with Gasteiger partial charge in [-0.05, 0) is 61.9 Å². The first-order valence-corrected chi connectivity index (χ1v) is 10.5. The van der Waals surface area contributed by atoms with Gasteiger partial charge >= 0.3 is 0 Å². The number of hydrogen-bond acceptors (Lipinski definition) is 4. The standard InChI is InChI=1S/C24H22BrN3O3/c1-3-31-20-11-8-18(9-12-20)23(29)27-22-13-10-19(25)14-21(22)24(30)28-26-15-17-6-4-16(2)5-7-17/h4-15H,3H2,1-2H3,(H,27,29)(H,28,30)/b26-15+. The molecule has 3 rings (SSSR count). The Morgan fingerprint density at radius 3 is 2.39 bits per heavy atom. The van der Waals surface area contributed by atoms with Gasteiger partial charge in [-0.2, -0.15) is 5.10 Å². The Morgan fingerprint density at radius 2 is 1.71 bits per heavy atom. The number of hydrazone groups is 1. The van der Waals surface area contributed by atoms with Gasteiger partial charge in [0.15, 0.2) is 0 Å². The quantitative estimate of drug-likeness (QED) is 0.362. The van der Waals surface area contributed by atoms with Gasteiger partial charge in [-0.15, -0.1) is 0 Å². The van der Waals surface area contributed by atoms with E-state index in [2.05, 4.69) is 31.8 Å². The first kappa shape index (κ1) is 22.2. The smallest absolute Gasteiger partial charge is 0.273 e. The van der Waals surface area contributed by atoms with E-state index in [0.29, 0.717) is 28.1 Å². The number of halogens is 1. The Balaban J connectivity index is 1.72. The van der Waals surface area contributed by atoms with Crippen LogP contribution in [0.15, 0.2) is 76.3 Å². The number of ether oxygens (including phenoxy) is 1. The van der Waals surface area contributed by atoms with E-state index in [-0.39, 0.29) is 11.5 Å². The van der Waals surface area contributed by atoms with E-state index in [9.17, 15) is 9.59 Å². The Kier molecular flexibility index (Phi) is 7.56. The fourth-order valence-corrected chi connectivity index (χ4v) is 3.12. The average Bonchev–Trinajstić information content (AvgIpc) is 2.77. The number of amides is 2. The number of carbonyl (C=O) groups is 2. The third-order valence-corrected chi connectivity index (χ3v) is 4.85. The highest BCUT2D eigenvalue weighted by Crippen LogP contribution is 2.22. The fraction of sp³-hybridized carbons (Fsp3) is 0.125. The molecule has 0 fully saturated rings. The van der Waals surface area contributed by atoms with E-state index in [1.165, 1.54) is 0 Å². The first-order chi connectivity index (χ1) is 15.0. The molecule has 0 unspecified atom stereocenters. The van der Waals surface area contributed by atoms with E-state index < -0.39 is 5.91 Å². The van der Waals surface area contributed by atoms with Crippen molar-refractivity contribution in [3.8, 4) is 5.75 Å². The number of nitrogens with zero attached hydrogens (tertiary/aromatic N) is 1. The molecule has 3 aromatic rings. The maximum absolute atomic E-state index is 12.7. The molecule has 0 radical (unpaired) electrons. The number of carbonyl (C=O) groups excluding carboxylic acids is 2. The summed E-state index contributed by atoms with van der Waals surface area (Å²) in [6, 6.07) is 19.6. The lowest BCUT2D eigenvalue weighted by atomic mass is 10.1. The number of nitrogens with one attached hydrogen (secondary N) is 2. The van der Waals surface area contributed by atoms with Crippen LogP contribution in [0.4, 0.5) is 5.69 Å². The lowest BCUT2D eigenvalue weighted by molar-refractivity contribution is 0.0956. The molecule has 2 N–H and O–H groups in total. The lowest BCUT2D eigenvalue weighted by Gasteiger charge is -2.11. The largest absolute Gasteiger partial charge is 0.494 e. The van der Waals surface area contributed by atoms with Crippen LogP contribution < -0.4 is 15.5 Å². The van der Waals surface area contributed by atoms with Gasteiger partial charge in [0, 0.05) is 10.0 Å². The van der Waals surface area contributed by atoms with Crippen LogP contribution in [0.25, 0.3) is 0 Å². The SMILES string of the molecule is CCOc1ccc(C(=O)Nc2ccc(Br)cc2C(=O)N/N=C/c2ccc(C)cc2)cc1. The summed E-state index contributed by atoms with van der Waals surface area (Å²) in [7, 11) is 0. The molecule has 158 valence electrons. The van der Waals surface area contributed by atoms with Crippen molar-refractivity contribution >= 4 is 39.6 Å². The van der Waals surface area contributed by atoms with Gasteiger partial charge < -0.3 is 10.1 Å². The van der Waals surface area contributed by atoms with Gasteiger partial charge in [0.05, 0.1) is 24.1 Å². The third-order valence-electron chi connectivity index (χ3n) is 4.36. The zero-order chi connectivity index (χ0) is 22.2. The second-order valence-corrected chi connectivity index (χ2v) is 7.63. The summed E-state index contributed by atoms with van der Waals surface area (Å²) in [4.78, 5) is 25.3. The van der Waals surface area contributed by atoms with Gasteiger partial charge in [0.1, 0.15) is 5.75 Å². The maximum Gasteiger partial charge on any atom is 0.273 e. The van der Waals surface area contributed by atoms with Crippen LogP contribution in [0.2, 0.25) is 0 Å². The monoisotopic (exact) mass is 479 g/mol. The van der Waals surface area contributed by atoms with Crippen molar-refractivity contribution in [2.75, 3.05) is 11.9 Å². The Labute approximate surface area is 189 Å². The van der Waals surface area contributed by atoms with Gasteiger partial charge in [0.25, 0.3) is 11.8 Å². The van der Waals surface area contributed by atoms with E-state index in [1.807, 2.05) is 38.1 Å². The van der Waals surface area contributed by atoms with Gasteiger partial charge in [-0.1, -0.05) is 45.8 Å². The number of benzene rings is 3. The van der Waals surface area contributed by atoms with Crippen molar-refractivity contribution in [3.05, 3.63) is 93.5 Å². The fourth-order valence-electron chi connectivity index (χ4n) is 2.76. The number of anilines is 1. The summed E-state index contributed by atoms with van der Waals surface area (Å²) < 4.78 is 6.10. The molecule has 3 aromatic carbocycles.